The minimum atomic E-state index is -0.651. The molecular formula is C51H86FN3O4. The zero-order valence-electron chi connectivity index (χ0n) is 38.0. The number of rotatable bonds is 33. The molecule has 59 heavy (non-hydrogen) atoms. The smallest absolute Gasteiger partial charge is 0.311 e. The van der Waals surface area contributed by atoms with Gasteiger partial charge in [-0.2, -0.15) is 0 Å². The van der Waals surface area contributed by atoms with Crippen molar-refractivity contribution in [1.82, 2.24) is 15.1 Å². The molecule has 2 aliphatic heterocycles. The lowest BCUT2D eigenvalue weighted by molar-refractivity contribution is -0.143. The van der Waals surface area contributed by atoms with Crippen molar-refractivity contribution in [3.8, 4) is 0 Å². The Labute approximate surface area is 360 Å². The van der Waals surface area contributed by atoms with Crippen molar-refractivity contribution in [3.05, 3.63) is 41.7 Å². The molecule has 7 nitrogen and oxygen atoms in total. The second-order valence-corrected chi connectivity index (χ2v) is 17.9. The number of hydrogen-bond acceptors (Lipinski definition) is 6. The first-order valence-electron chi connectivity index (χ1n) is 24.9. The number of carbonyl (C=O) groups excluding carboxylic acids is 3. The Morgan fingerprint density at radius 1 is 0.627 bits per heavy atom. The van der Waals surface area contributed by atoms with Gasteiger partial charge in [0.2, 0.25) is 11.8 Å². The van der Waals surface area contributed by atoms with Gasteiger partial charge in [-0.15, -0.1) is 0 Å². The second-order valence-electron chi connectivity index (χ2n) is 17.9. The van der Waals surface area contributed by atoms with Crippen molar-refractivity contribution >= 4 is 23.5 Å². The van der Waals surface area contributed by atoms with Crippen LogP contribution in [0.2, 0.25) is 0 Å². The number of piperidine rings is 2. The molecule has 2 saturated heterocycles. The topological polar surface area (TPSA) is 79.0 Å². The number of esters is 1. The molecular weight excluding hydrogens is 738 g/mol. The third kappa shape index (κ3) is 21.7. The summed E-state index contributed by atoms with van der Waals surface area (Å²) in [5.41, 5.74) is 0.0452. The Morgan fingerprint density at radius 2 is 1.08 bits per heavy atom. The standard InChI is InChI=1S/C51H86FN3O4/c1-3-5-7-9-11-13-15-17-19-21-23-26-32-48(56)53-50(58)51(55-41-28-25-29-42-55)38-43-54(44-39-51)40-30-31-47(45-34-36-46(52)37-35-45)59-49(57)33-27-24-22-20-18-16-14-12-10-8-6-4-2/h31,34-37H,3-30,32-33,38-44H2,1-2H3,(H,53,56,58)/b47-31-. The number of likely N-dealkylation sites (tertiary alicyclic amines) is 2. The van der Waals surface area contributed by atoms with Gasteiger partial charge < -0.3 is 9.64 Å². The Kier molecular flexibility index (Phi) is 27.7. The van der Waals surface area contributed by atoms with E-state index in [2.05, 4.69) is 29.0 Å². The van der Waals surface area contributed by atoms with E-state index < -0.39 is 5.54 Å². The van der Waals surface area contributed by atoms with E-state index in [1.165, 1.54) is 134 Å². The quantitative estimate of drug-likeness (QED) is 0.0432. The Balaban J connectivity index is 1.41. The average Bonchev–Trinajstić information content (AvgIpc) is 3.25. The van der Waals surface area contributed by atoms with Gasteiger partial charge in [0.05, 0.1) is 0 Å². The van der Waals surface area contributed by atoms with Crippen LogP contribution in [0.15, 0.2) is 30.3 Å². The molecule has 0 saturated carbocycles. The normalized spacial score (nSPS) is 16.3. The maximum Gasteiger partial charge on any atom is 0.311 e. The molecule has 0 aromatic heterocycles. The predicted molar refractivity (Wildman–Crippen MR) is 243 cm³/mol. The molecule has 1 N–H and O–H groups in total. The maximum absolute atomic E-state index is 14.0. The maximum atomic E-state index is 14.0. The van der Waals surface area contributed by atoms with E-state index in [1.807, 2.05) is 6.08 Å². The van der Waals surface area contributed by atoms with Crippen LogP contribution in [-0.2, 0) is 19.1 Å². The van der Waals surface area contributed by atoms with Crippen LogP contribution in [0.3, 0.4) is 0 Å². The second kappa shape index (κ2) is 32.2. The Bertz CT molecular complexity index is 1290. The van der Waals surface area contributed by atoms with Crippen LogP contribution in [0.4, 0.5) is 4.39 Å². The van der Waals surface area contributed by atoms with Crippen molar-refractivity contribution in [1.29, 1.82) is 0 Å². The lowest BCUT2D eigenvalue weighted by atomic mass is 9.83. The summed E-state index contributed by atoms with van der Waals surface area (Å²) in [5.74, 6) is -0.318. The third-order valence-electron chi connectivity index (χ3n) is 12.9. The van der Waals surface area contributed by atoms with Crippen molar-refractivity contribution < 1.29 is 23.5 Å². The summed E-state index contributed by atoms with van der Waals surface area (Å²) in [6.45, 7) is 8.59. The molecule has 3 rings (SSSR count). The third-order valence-corrected chi connectivity index (χ3v) is 12.9. The highest BCUT2D eigenvalue weighted by molar-refractivity contribution is 6.00. The highest BCUT2D eigenvalue weighted by Gasteiger charge is 2.46. The SMILES string of the molecule is CCCCCCCCCCCCCCC(=O)NC(=O)C1(N2CCCCC2)CCN(CC/C=C(\OC(=O)CCCCCCCCCCCCCC)c2ccc(F)cc2)CC1. The fraction of sp³-hybridized carbons (Fsp3) is 0.784. The summed E-state index contributed by atoms with van der Waals surface area (Å²) in [7, 11) is 0. The van der Waals surface area contributed by atoms with E-state index in [4.69, 9.17) is 4.74 Å². The van der Waals surface area contributed by atoms with Gasteiger partial charge in [0.1, 0.15) is 17.1 Å². The number of carbonyl (C=O) groups is 3. The van der Waals surface area contributed by atoms with E-state index in [1.54, 1.807) is 12.1 Å². The summed E-state index contributed by atoms with van der Waals surface area (Å²) in [6.07, 6.45) is 38.0. The van der Waals surface area contributed by atoms with Crippen LogP contribution in [0, 0.1) is 5.82 Å². The number of hydrogen-bond donors (Lipinski definition) is 1. The fourth-order valence-corrected chi connectivity index (χ4v) is 9.08. The molecule has 336 valence electrons. The minimum Gasteiger partial charge on any atom is -0.426 e. The van der Waals surface area contributed by atoms with Gasteiger partial charge in [-0.3, -0.25) is 24.6 Å². The van der Waals surface area contributed by atoms with Gasteiger partial charge in [-0.05, 0) is 88.4 Å². The molecule has 2 heterocycles. The number of nitrogens with zero attached hydrogens (tertiary/aromatic N) is 2. The van der Waals surface area contributed by atoms with Gasteiger partial charge in [-0.25, -0.2) is 4.39 Å². The number of benzene rings is 1. The summed E-state index contributed by atoms with van der Waals surface area (Å²) >= 11 is 0. The predicted octanol–water partition coefficient (Wildman–Crippen LogP) is 13.2. The molecule has 2 amide bonds. The summed E-state index contributed by atoms with van der Waals surface area (Å²) < 4.78 is 19.7. The first-order chi connectivity index (χ1) is 28.9. The molecule has 8 heteroatoms. The van der Waals surface area contributed by atoms with E-state index in [9.17, 15) is 18.8 Å². The van der Waals surface area contributed by atoms with Crippen LogP contribution in [0.1, 0.15) is 225 Å². The van der Waals surface area contributed by atoms with Gasteiger partial charge in [-0.1, -0.05) is 162 Å². The Morgan fingerprint density at radius 3 is 1.58 bits per heavy atom. The lowest BCUT2D eigenvalue weighted by Crippen LogP contribution is -2.64. The van der Waals surface area contributed by atoms with Gasteiger partial charge in [0, 0.05) is 38.0 Å². The van der Waals surface area contributed by atoms with E-state index in [0.29, 0.717) is 43.4 Å². The first-order valence-corrected chi connectivity index (χ1v) is 24.9. The number of unbranched alkanes of at least 4 members (excludes halogenated alkanes) is 22. The van der Waals surface area contributed by atoms with Crippen LogP contribution in [0.25, 0.3) is 5.76 Å². The van der Waals surface area contributed by atoms with Gasteiger partial charge in [0.25, 0.3) is 0 Å². The zero-order valence-corrected chi connectivity index (χ0v) is 38.0. The van der Waals surface area contributed by atoms with Crippen molar-refractivity contribution in [2.24, 2.45) is 0 Å². The molecule has 0 aliphatic carbocycles. The number of amides is 2. The Hall–Kier alpha value is -2.58. The monoisotopic (exact) mass is 824 g/mol. The molecule has 0 spiro atoms. The molecule has 2 fully saturated rings. The summed E-state index contributed by atoms with van der Waals surface area (Å²) in [5, 5.41) is 2.86. The van der Waals surface area contributed by atoms with E-state index in [-0.39, 0.29) is 23.6 Å². The molecule has 1 aromatic carbocycles. The van der Waals surface area contributed by atoms with Gasteiger partial charge in [0.15, 0.2) is 0 Å². The number of imide groups is 1. The zero-order chi connectivity index (χ0) is 42.2. The summed E-state index contributed by atoms with van der Waals surface area (Å²) in [6, 6.07) is 6.15. The van der Waals surface area contributed by atoms with Crippen LogP contribution >= 0.6 is 0 Å². The van der Waals surface area contributed by atoms with Crippen LogP contribution < -0.4 is 5.32 Å². The first kappa shape index (κ1) is 50.8. The van der Waals surface area contributed by atoms with Crippen LogP contribution in [0.5, 0.6) is 0 Å². The van der Waals surface area contributed by atoms with Gasteiger partial charge >= 0.3 is 5.97 Å². The fourth-order valence-electron chi connectivity index (χ4n) is 9.08. The highest BCUT2D eigenvalue weighted by atomic mass is 19.1. The number of ether oxygens (including phenoxy) is 1. The lowest BCUT2D eigenvalue weighted by Gasteiger charge is -2.48. The van der Waals surface area contributed by atoms with Crippen LogP contribution in [-0.4, -0.2) is 65.8 Å². The average molecular weight is 824 g/mol. The minimum absolute atomic E-state index is 0.110. The molecule has 2 aliphatic rings. The molecule has 0 bridgehead atoms. The molecule has 1 aromatic rings. The molecule has 0 atom stereocenters. The molecule has 0 unspecified atom stereocenters. The van der Waals surface area contributed by atoms with E-state index >= 15 is 0 Å². The highest BCUT2D eigenvalue weighted by Crippen LogP contribution is 2.33. The van der Waals surface area contributed by atoms with Crippen molar-refractivity contribution in [3.63, 3.8) is 0 Å². The largest absolute Gasteiger partial charge is 0.426 e. The van der Waals surface area contributed by atoms with E-state index in [0.717, 1.165) is 84.1 Å². The summed E-state index contributed by atoms with van der Waals surface area (Å²) in [4.78, 5) is 44.7. The molecule has 0 radical (unpaired) electrons. The number of nitrogens with one attached hydrogen (secondary N) is 1. The number of halogens is 1. The van der Waals surface area contributed by atoms with Crippen molar-refractivity contribution in [2.75, 3.05) is 32.7 Å². The van der Waals surface area contributed by atoms with Crippen molar-refractivity contribution in [2.45, 2.75) is 225 Å².